The number of hydrogen-bond acceptors (Lipinski definition) is 2. The van der Waals surface area contributed by atoms with E-state index in [0.29, 0.717) is 0 Å². The summed E-state index contributed by atoms with van der Waals surface area (Å²) in [4.78, 5) is 8.81. The summed E-state index contributed by atoms with van der Waals surface area (Å²) in [6.07, 6.45) is 10.3. The fourth-order valence-corrected chi connectivity index (χ4v) is 1.15. The first-order valence-electron chi connectivity index (χ1n) is 5.32. The molecule has 0 saturated heterocycles. The lowest BCUT2D eigenvalue weighted by Crippen LogP contribution is -2.01. The van der Waals surface area contributed by atoms with Crippen LogP contribution in [0.2, 0.25) is 0 Å². The lowest BCUT2D eigenvalue weighted by Gasteiger charge is -2.01. The third-order valence-corrected chi connectivity index (χ3v) is 1.89. The molecule has 0 bridgehead atoms. The van der Waals surface area contributed by atoms with Crippen LogP contribution in [0.5, 0.6) is 0 Å². The fraction of sp³-hybridized carbons (Fsp3) is 0.500. The first-order valence-corrected chi connectivity index (χ1v) is 5.32. The first-order chi connectivity index (χ1) is 6.86. The van der Waals surface area contributed by atoms with Gasteiger partial charge in [-0.1, -0.05) is 13.8 Å². The molecular formula is C12H18N2. The Hall–Kier alpha value is -1.18. The SMILES string of the molecule is CCCN=C1C=CC(=NCCC)C=C1. The zero-order valence-electron chi connectivity index (χ0n) is 9.03. The van der Waals surface area contributed by atoms with Gasteiger partial charge in [-0.2, -0.15) is 0 Å². The lowest BCUT2D eigenvalue weighted by atomic mass is 10.1. The van der Waals surface area contributed by atoms with Gasteiger partial charge in [-0.15, -0.1) is 0 Å². The molecule has 0 aromatic rings. The van der Waals surface area contributed by atoms with E-state index in [2.05, 4.69) is 23.8 Å². The molecule has 76 valence electrons. The van der Waals surface area contributed by atoms with Crippen LogP contribution in [0.25, 0.3) is 0 Å². The molecule has 2 heteroatoms. The molecule has 0 fully saturated rings. The molecule has 14 heavy (non-hydrogen) atoms. The average Bonchev–Trinajstić information content (AvgIpc) is 2.25. The van der Waals surface area contributed by atoms with Gasteiger partial charge in [0.2, 0.25) is 0 Å². The largest absolute Gasteiger partial charge is 0.285 e. The zero-order valence-corrected chi connectivity index (χ0v) is 9.03. The van der Waals surface area contributed by atoms with Crippen molar-refractivity contribution in [2.75, 3.05) is 13.1 Å². The van der Waals surface area contributed by atoms with E-state index in [0.717, 1.165) is 37.4 Å². The van der Waals surface area contributed by atoms with Gasteiger partial charge in [0.05, 0.1) is 11.4 Å². The molecule has 1 rings (SSSR count). The van der Waals surface area contributed by atoms with Crippen molar-refractivity contribution in [1.29, 1.82) is 0 Å². The molecule has 1 aliphatic carbocycles. The third kappa shape index (κ3) is 3.69. The van der Waals surface area contributed by atoms with Gasteiger partial charge in [0.1, 0.15) is 0 Å². The van der Waals surface area contributed by atoms with E-state index >= 15 is 0 Å². The summed E-state index contributed by atoms with van der Waals surface area (Å²) in [6, 6.07) is 0. The van der Waals surface area contributed by atoms with Crippen molar-refractivity contribution in [2.45, 2.75) is 26.7 Å². The monoisotopic (exact) mass is 190 g/mol. The van der Waals surface area contributed by atoms with E-state index < -0.39 is 0 Å². The smallest absolute Gasteiger partial charge is 0.0575 e. The van der Waals surface area contributed by atoms with Crippen molar-refractivity contribution in [3.8, 4) is 0 Å². The van der Waals surface area contributed by atoms with Gasteiger partial charge < -0.3 is 0 Å². The predicted molar refractivity (Wildman–Crippen MR) is 63.5 cm³/mol. The lowest BCUT2D eigenvalue weighted by molar-refractivity contribution is 0.932. The quantitative estimate of drug-likeness (QED) is 0.609. The molecular weight excluding hydrogens is 172 g/mol. The Morgan fingerprint density at radius 3 is 1.43 bits per heavy atom. The Labute approximate surface area is 86.2 Å². The second-order valence-corrected chi connectivity index (χ2v) is 3.28. The number of hydrogen-bond donors (Lipinski definition) is 0. The molecule has 1 aliphatic rings. The van der Waals surface area contributed by atoms with Crippen LogP contribution in [0.1, 0.15) is 26.7 Å². The molecule has 0 N–H and O–H groups in total. The highest BCUT2D eigenvalue weighted by molar-refractivity contribution is 6.18. The molecule has 0 aromatic carbocycles. The highest BCUT2D eigenvalue weighted by Gasteiger charge is 1.97. The van der Waals surface area contributed by atoms with Gasteiger partial charge in [0.15, 0.2) is 0 Å². The normalized spacial score (nSPS) is 14.7. The second-order valence-electron chi connectivity index (χ2n) is 3.28. The summed E-state index contributed by atoms with van der Waals surface area (Å²) >= 11 is 0. The summed E-state index contributed by atoms with van der Waals surface area (Å²) in [6.45, 7) is 6.08. The molecule has 0 atom stereocenters. The maximum absolute atomic E-state index is 4.40. The minimum absolute atomic E-state index is 0.908. The first kappa shape index (κ1) is 10.9. The maximum Gasteiger partial charge on any atom is 0.0575 e. The van der Waals surface area contributed by atoms with Crippen LogP contribution < -0.4 is 0 Å². The topological polar surface area (TPSA) is 24.7 Å². The minimum Gasteiger partial charge on any atom is -0.285 e. The van der Waals surface area contributed by atoms with Crippen LogP contribution >= 0.6 is 0 Å². The van der Waals surface area contributed by atoms with E-state index in [1.165, 1.54) is 0 Å². The summed E-state index contributed by atoms with van der Waals surface area (Å²) in [5.41, 5.74) is 2.12. The Morgan fingerprint density at radius 1 is 0.786 bits per heavy atom. The molecule has 2 nitrogen and oxygen atoms in total. The van der Waals surface area contributed by atoms with Crippen LogP contribution in [0.4, 0.5) is 0 Å². The summed E-state index contributed by atoms with van der Waals surface area (Å²) in [5.74, 6) is 0. The summed E-state index contributed by atoms with van der Waals surface area (Å²) < 4.78 is 0. The number of allylic oxidation sites excluding steroid dienone is 4. The van der Waals surface area contributed by atoms with Crippen molar-refractivity contribution in [1.82, 2.24) is 0 Å². The zero-order chi connectivity index (χ0) is 10.2. The molecule has 0 unspecified atom stereocenters. The summed E-state index contributed by atoms with van der Waals surface area (Å²) in [7, 11) is 0. The number of nitrogens with zero attached hydrogens (tertiary/aromatic N) is 2. The van der Waals surface area contributed by atoms with Gasteiger partial charge >= 0.3 is 0 Å². The van der Waals surface area contributed by atoms with Crippen LogP contribution in [0.3, 0.4) is 0 Å². The standard InChI is InChI=1S/C12H18N2/c1-3-9-13-11-5-7-12(8-6-11)14-10-4-2/h5-8H,3-4,9-10H2,1-2H3. The van der Waals surface area contributed by atoms with Crippen LogP contribution in [-0.4, -0.2) is 24.5 Å². The Kier molecular flexibility index (Phi) is 4.90. The van der Waals surface area contributed by atoms with E-state index in [-0.39, 0.29) is 0 Å². The van der Waals surface area contributed by atoms with E-state index in [1.807, 2.05) is 24.3 Å². The van der Waals surface area contributed by atoms with Crippen LogP contribution in [0.15, 0.2) is 34.3 Å². The molecule has 0 radical (unpaired) electrons. The van der Waals surface area contributed by atoms with Gasteiger partial charge in [-0.25, -0.2) is 0 Å². The van der Waals surface area contributed by atoms with Gasteiger partial charge in [0.25, 0.3) is 0 Å². The Morgan fingerprint density at radius 2 is 1.14 bits per heavy atom. The molecule has 0 amide bonds. The maximum atomic E-state index is 4.40. The molecule has 0 aromatic heterocycles. The van der Waals surface area contributed by atoms with Gasteiger partial charge in [-0.3, -0.25) is 9.98 Å². The van der Waals surface area contributed by atoms with Gasteiger partial charge in [-0.05, 0) is 37.1 Å². The molecule has 0 spiro atoms. The predicted octanol–water partition coefficient (Wildman–Crippen LogP) is 2.81. The number of rotatable bonds is 4. The van der Waals surface area contributed by atoms with Crippen molar-refractivity contribution in [3.05, 3.63) is 24.3 Å². The van der Waals surface area contributed by atoms with Crippen LogP contribution in [-0.2, 0) is 0 Å². The average molecular weight is 190 g/mol. The molecule has 0 heterocycles. The van der Waals surface area contributed by atoms with Crippen molar-refractivity contribution >= 4 is 11.4 Å². The molecule has 0 aliphatic heterocycles. The molecule has 0 saturated carbocycles. The summed E-state index contributed by atoms with van der Waals surface area (Å²) in [5, 5.41) is 0. The Bertz CT molecular complexity index is 237. The Balaban J connectivity index is 2.52. The minimum atomic E-state index is 0.908. The van der Waals surface area contributed by atoms with Crippen molar-refractivity contribution < 1.29 is 0 Å². The van der Waals surface area contributed by atoms with Crippen molar-refractivity contribution in [3.63, 3.8) is 0 Å². The number of aliphatic imine (C=N–C) groups is 2. The van der Waals surface area contributed by atoms with E-state index in [9.17, 15) is 0 Å². The second kappa shape index (κ2) is 6.30. The van der Waals surface area contributed by atoms with E-state index in [1.54, 1.807) is 0 Å². The fourth-order valence-electron chi connectivity index (χ4n) is 1.15. The third-order valence-electron chi connectivity index (χ3n) is 1.89. The van der Waals surface area contributed by atoms with E-state index in [4.69, 9.17) is 0 Å². The highest BCUT2D eigenvalue weighted by Crippen LogP contribution is 1.99. The van der Waals surface area contributed by atoms with Gasteiger partial charge in [0, 0.05) is 13.1 Å². The van der Waals surface area contributed by atoms with Crippen molar-refractivity contribution in [2.24, 2.45) is 9.98 Å². The van der Waals surface area contributed by atoms with Crippen LogP contribution in [0, 0.1) is 0 Å². The highest BCUT2D eigenvalue weighted by atomic mass is 14.7.